The van der Waals surface area contributed by atoms with Crippen LogP contribution in [0.5, 0.6) is 0 Å². The van der Waals surface area contributed by atoms with E-state index in [0.29, 0.717) is 30.5 Å². The van der Waals surface area contributed by atoms with Crippen molar-refractivity contribution in [1.29, 1.82) is 0 Å². The van der Waals surface area contributed by atoms with Crippen molar-refractivity contribution in [2.24, 2.45) is 5.92 Å². The average molecular weight is 365 g/mol. The Hall–Kier alpha value is -2.77. The number of benzene rings is 2. The Morgan fingerprint density at radius 2 is 1.96 bits per heavy atom. The molecule has 1 aromatic heterocycles. The number of rotatable bonds is 2. The largest absolute Gasteiger partial charge is 0.346 e. The molecule has 27 heavy (non-hydrogen) atoms. The minimum absolute atomic E-state index is 0.105. The van der Waals surface area contributed by atoms with Crippen molar-refractivity contribution in [3.8, 4) is 11.4 Å². The Kier molecular flexibility index (Phi) is 3.73. The zero-order valence-electron chi connectivity index (χ0n) is 14.9. The van der Waals surface area contributed by atoms with Crippen molar-refractivity contribution < 1.29 is 14.4 Å². The van der Waals surface area contributed by atoms with E-state index in [4.69, 9.17) is 14.5 Å². The summed E-state index contributed by atoms with van der Waals surface area (Å²) in [5.41, 5.74) is 4.33. The first-order valence-electron chi connectivity index (χ1n) is 9.12. The molecule has 2 aliphatic heterocycles. The molecule has 3 aromatic rings. The molecule has 1 atom stereocenters. The molecule has 0 bridgehead atoms. The highest BCUT2D eigenvalue weighted by atomic mass is 16.7. The van der Waals surface area contributed by atoms with Gasteiger partial charge in [0.05, 0.1) is 34.7 Å². The number of fused-ring (bicyclic) bond motifs is 5. The molecule has 0 N–H and O–H groups in total. The highest BCUT2D eigenvalue weighted by molar-refractivity contribution is 5.86. The third-order valence-electron chi connectivity index (χ3n) is 5.30. The maximum absolute atomic E-state index is 11.7. The van der Waals surface area contributed by atoms with Gasteiger partial charge < -0.3 is 14.0 Å². The summed E-state index contributed by atoms with van der Waals surface area (Å²) in [6.45, 7) is 4.03. The van der Waals surface area contributed by atoms with Gasteiger partial charge in [-0.05, 0) is 24.0 Å². The summed E-state index contributed by atoms with van der Waals surface area (Å²) in [6, 6.07) is 11.2. The molecule has 0 amide bonds. The zero-order valence-corrected chi connectivity index (χ0v) is 14.9. The van der Waals surface area contributed by atoms with E-state index in [2.05, 4.69) is 11.5 Å². The topological polar surface area (TPSA) is 79.4 Å². The first kappa shape index (κ1) is 16.4. The van der Waals surface area contributed by atoms with Gasteiger partial charge in [0.2, 0.25) is 0 Å². The number of ether oxygens (including phenoxy) is 2. The predicted octanol–water partition coefficient (Wildman–Crippen LogP) is 3.85. The fraction of sp³-hybridized carbons (Fsp3) is 0.350. The highest BCUT2D eigenvalue weighted by Gasteiger charge is 2.30. The standard InChI is InChI=1S/C20H19N3O4/c1-12-10-13-4-2-6-15(23(24)25)17(13)19-21-18-14(20-26-8-9-27-20)5-3-7-16(18)22(19)11-12/h2-7,12,20H,8-11H2,1H3. The van der Waals surface area contributed by atoms with Crippen molar-refractivity contribution in [3.63, 3.8) is 0 Å². The van der Waals surface area contributed by atoms with Gasteiger partial charge in [-0.15, -0.1) is 0 Å². The first-order valence-corrected chi connectivity index (χ1v) is 9.12. The second-order valence-electron chi connectivity index (χ2n) is 7.21. The number of nitro groups is 1. The first-order chi connectivity index (χ1) is 13.1. The van der Waals surface area contributed by atoms with Crippen LogP contribution in [0.1, 0.15) is 24.3 Å². The summed E-state index contributed by atoms with van der Waals surface area (Å²) in [5.74, 6) is 0.995. The van der Waals surface area contributed by atoms with Crippen molar-refractivity contribution in [1.82, 2.24) is 9.55 Å². The number of para-hydroxylation sites is 1. The van der Waals surface area contributed by atoms with E-state index in [0.717, 1.165) is 35.1 Å². The lowest BCUT2D eigenvalue weighted by Crippen LogP contribution is -2.07. The Morgan fingerprint density at radius 3 is 2.74 bits per heavy atom. The van der Waals surface area contributed by atoms with Crippen LogP contribution in [0, 0.1) is 16.0 Å². The summed E-state index contributed by atoms with van der Waals surface area (Å²) in [4.78, 5) is 16.3. The molecule has 1 saturated heterocycles. The van der Waals surface area contributed by atoms with Gasteiger partial charge in [0.25, 0.3) is 5.69 Å². The minimum Gasteiger partial charge on any atom is -0.346 e. The lowest BCUT2D eigenvalue weighted by Gasteiger charge is -2.12. The van der Waals surface area contributed by atoms with E-state index in [1.54, 1.807) is 12.1 Å². The van der Waals surface area contributed by atoms with E-state index in [1.165, 1.54) is 0 Å². The molecular weight excluding hydrogens is 346 g/mol. The van der Waals surface area contributed by atoms with Crippen LogP contribution >= 0.6 is 0 Å². The zero-order chi connectivity index (χ0) is 18.5. The van der Waals surface area contributed by atoms with Gasteiger partial charge in [-0.1, -0.05) is 31.2 Å². The van der Waals surface area contributed by atoms with Crippen molar-refractivity contribution in [3.05, 3.63) is 57.6 Å². The fourth-order valence-electron chi connectivity index (χ4n) is 4.19. The normalized spacial score (nSPS) is 19.7. The van der Waals surface area contributed by atoms with Gasteiger partial charge >= 0.3 is 0 Å². The lowest BCUT2D eigenvalue weighted by molar-refractivity contribution is -0.384. The second-order valence-corrected chi connectivity index (χ2v) is 7.21. The van der Waals surface area contributed by atoms with E-state index in [1.807, 2.05) is 24.3 Å². The molecule has 7 heteroatoms. The summed E-state index contributed by atoms with van der Waals surface area (Å²) in [7, 11) is 0. The Labute approximate surface area is 155 Å². The maximum atomic E-state index is 11.7. The van der Waals surface area contributed by atoms with E-state index in [9.17, 15) is 10.1 Å². The van der Waals surface area contributed by atoms with Crippen LogP contribution in [0.3, 0.4) is 0 Å². The Morgan fingerprint density at radius 1 is 1.19 bits per heavy atom. The molecule has 138 valence electrons. The molecule has 2 aromatic carbocycles. The third-order valence-corrected chi connectivity index (χ3v) is 5.30. The van der Waals surface area contributed by atoms with Crippen molar-refractivity contribution >= 4 is 16.7 Å². The summed E-state index contributed by atoms with van der Waals surface area (Å²) in [5, 5.41) is 11.7. The quantitative estimate of drug-likeness (QED) is 0.509. The van der Waals surface area contributed by atoms with Crippen LogP contribution in [0.15, 0.2) is 36.4 Å². The van der Waals surface area contributed by atoms with Crippen LogP contribution in [-0.4, -0.2) is 27.7 Å². The van der Waals surface area contributed by atoms with Crippen LogP contribution in [0.2, 0.25) is 0 Å². The number of nitrogens with zero attached hydrogens (tertiary/aromatic N) is 3. The SMILES string of the molecule is CC1Cc2cccc([N+](=O)[O-])c2-c2nc3c(C4OCCO4)cccc3n2C1. The molecule has 3 heterocycles. The molecule has 0 saturated carbocycles. The maximum Gasteiger partial charge on any atom is 0.280 e. The van der Waals surface area contributed by atoms with E-state index >= 15 is 0 Å². The lowest BCUT2D eigenvalue weighted by atomic mass is 9.97. The molecule has 0 aliphatic carbocycles. The van der Waals surface area contributed by atoms with Crippen LogP contribution in [0.25, 0.3) is 22.4 Å². The Balaban J connectivity index is 1.81. The molecule has 1 fully saturated rings. The van der Waals surface area contributed by atoms with Gasteiger partial charge in [0, 0.05) is 18.2 Å². The van der Waals surface area contributed by atoms with Crippen LogP contribution in [-0.2, 0) is 22.4 Å². The summed E-state index contributed by atoms with van der Waals surface area (Å²) in [6.07, 6.45) is 0.353. The predicted molar refractivity (Wildman–Crippen MR) is 99.3 cm³/mol. The molecule has 1 unspecified atom stereocenters. The van der Waals surface area contributed by atoms with Gasteiger partial charge in [-0.3, -0.25) is 10.1 Å². The molecule has 2 aliphatic rings. The number of imidazole rings is 1. The number of nitro benzene ring substituents is 1. The second kappa shape index (κ2) is 6.14. The Bertz CT molecular complexity index is 1050. The number of hydrogen-bond acceptors (Lipinski definition) is 5. The number of hydrogen-bond donors (Lipinski definition) is 0. The summed E-state index contributed by atoms with van der Waals surface area (Å²) >= 11 is 0. The van der Waals surface area contributed by atoms with Gasteiger partial charge in [0.15, 0.2) is 6.29 Å². The van der Waals surface area contributed by atoms with Crippen LogP contribution in [0.4, 0.5) is 5.69 Å². The molecule has 0 spiro atoms. The average Bonchev–Trinajstić information content (AvgIpc) is 3.27. The molecule has 7 nitrogen and oxygen atoms in total. The third kappa shape index (κ3) is 2.54. The summed E-state index contributed by atoms with van der Waals surface area (Å²) < 4.78 is 13.5. The molecular formula is C20H19N3O4. The molecule has 0 radical (unpaired) electrons. The fourth-order valence-corrected chi connectivity index (χ4v) is 4.19. The van der Waals surface area contributed by atoms with Crippen molar-refractivity contribution in [2.75, 3.05) is 13.2 Å². The van der Waals surface area contributed by atoms with Gasteiger partial charge in [-0.25, -0.2) is 4.98 Å². The van der Waals surface area contributed by atoms with Gasteiger partial charge in [0.1, 0.15) is 5.82 Å². The van der Waals surface area contributed by atoms with Crippen molar-refractivity contribution in [2.45, 2.75) is 26.2 Å². The monoisotopic (exact) mass is 365 g/mol. The van der Waals surface area contributed by atoms with E-state index in [-0.39, 0.29) is 10.6 Å². The highest BCUT2D eigenvalue weighted by Crippen LogP contribution is 2.40. The van der Waals surface area contributed by atoms with Gasteiger partial charge in [-0.2, -0.15) is 0 Å². The van der Waals surface area contributed by atoms with E-state index < -0.39 is 6.29 Å². The van der Waals surface area contributed by atoms with Crippen LogP contribution < -0.4 is 0 Å². The molecule has 5 rings (SSSR count). The number of aromatic nitrogens is 2. The smallest absolute Gasteiger partial charge is 0.280 e. The minimum atomic E-state index is -0.435.